The van der Waals surface area contributed by atoms with Crippen molar-refractivity contribution in [1.82, 2.24) is 0 Å². The number of hydrogen-bond donors (Lipinski definition) is 1. The Kier molecular flexibility index (Phi) is 4.51. The second-order valence-electron chi connectivity index (χ2n) is 2.73. The lowest BCUT2D eigenvalue weighted by Gasteiger charge is -2.09. The average Bonchev–Trinajstić information content (AvgIpc) is 1.98. The Bertz CT molecular complexity index is 196. The minimum absolute atomic E-state index is 0.0236. The summed E-state index contributed by atoms with van der Waals surface area (Å²) in [4.78, 5) is 10.2. The Labute approximate surface area is 70.8 Å². The highest BCUT2D eigenvalue weighted by atomic mass is 19.1. The maximum Gasteiger partial charge on any atom is 0.364 e. The van der Waals surface area contributed by atoms with Crippen molar-refractivity contribution in [3.05, 3.63) is 11.4 Å². The molecule has 0 atom stereocenters. The second-order valence-corrected chi connectivity index (χ2v) is 2.73. The molecule has 0 heterocycles. The van der Waals surface area contributed by atoms with Gasteiger partial charge < -0.3 is 9.84 Å². The monoisotopic (exact) mass is 176 g/mol. The molecule has 0 unspecified atom stereocenters. The number of rotatable bonds is 4. The Morgan fingerprint density at radius 3 is 2.33 bits per heavy atom. The maximum atomic E-state index is 12.8. The number of carboxylic acids is 1. The van der Waals surface area contributed by atoms with Crippen molar-refractivity contribution >= 4 is 5.97 Å². The summed E-state index contributed by atoms with van der Waals surface area (Å²) in [7, 11) is 1.40. The lowest BCUT2D eigenvalue weighted by atomic mass is 10.0. The van der Waals surface area contributed by atoms with Gasteiger partial charge in [0.25, 0.3) is 0 Å². The summed E-state index contributed by atoms with van der Waals surface area (Å²) in [6.45, 7) is 3.46. The molecule has 0 aromatic heterocycles. The van der Waals surface area contributed by atoms with E-state index in [1.54, 1.807) is 13.8 Å². The Hall–Kier alpha value is -0.900. The predicted molar refractivity (Wildman–Crippen MR) is 42.5 cm³/mol. The predicted octanol–water partition coefficient (Wildman–Crippen LogP) is 1.60. The molecule has 0 radical (unpaired) electrons. The quantitative estimate of drug-likeness (QED) is 0.662. The minimum Gasteiger partial charge on any atom is -0.476 e. The lowest BCUT2D eigenvalue weighted by molar-refractivity contribution is -0.134. The van der Waals surface area contributed by atoms with Gasteiger partial charge in [-0.05, 0) is 5.92 Å². The molecule has 0 amide bonds. The van der Waals surface area contributed by atoms with Gasteiger partial charge in [0.05, 0.1) is 6.61 Å². The zero-order chi connectivity index (χ0) is 9.72. The first-order valence-electron chi connectivity index (χ1n) is 3.61. The molecular formula is C8H13FO3. The van der Waals surface area contributed by atoms with Crippen LogP contribution in [0.4, 0.5) is 4.39 Å². The number of halogens is 1. The van der Waals surface area contributed by atoms with Crippen molar-refractivity contribution < 1.29 is 19.0 Å². The number of ether oxygens (including phenoxy) is 1. The van der Waals surface area contributed by atoms with Gasteiger partial charge in [0.1, 0.15) is 0 Å². The van der Waals surface area contributed by atoms with E-state index in [1.165, 1.54) is 7.11 Å². The number of carboxylic acid groups (broad SMARTS) is 1. The molecule has 4 heteroatoms. The van der Waals surface area contributed by atoms with Crippen LogP contribution in [-0.4, -0.2) is 24.8 Å². The summed E-state index contributed by atoms with van der Waals surface area (Å²) >= 11 is 0. The molecule has 0 rings (SSSR count). The zero-order valence-corrected chi connectivity index (χ0v) is 7.43. The van der Waals surface area contributed by atoms with Crippen molar-refractivity contribution in [2.24, 2.45) is 5.92 Å². The average molecular weight is 176 g/mol. The lowest BCUT2D eigenvalue weighted by Crippen LogP contribution is -2.09. The van der Waals surface area contributed by atoms with Crippen molar-refractivity contribution in [1.29, 1.82) is 0 Å². The molecule has 1 N–H and O–H groups in total. The fourth-order valence-electron chi connectivity index (χ4n) is 0.776. The van der Waals surface area contributed by atoms with Crippen LogP contribution in [0.5, 0.6) is 0 Å². The third kappa shape index (κ3) is 3.00. The van der Waals surface area contributed by atoms with Gasteiger partial charge in [0.15, 0.2) is 0 Å². The van der Waals surface area contributed by atoms with Crippen molar-refractivity contribution in [3.8, 4) is 0 Å². The van der Waals surface area contributed by atoms with Crippen LogP contribution in [-0.2, 0) is 9.53 Å². The molecule has 0 saturated carbocycles. The molecule has 0 aliphatic rings. The molecule has 3 nitrogen and oxygen atoms in total. The summed E-state index contributed by atoms with van der Waals surface area (Å²) in [5.41, 5.74) is 0.185. The van der Waals surface area contributed by atoms with Crippen LogP contribution in [0.1, 0.15) is 13.8 Å². The van der Waals surface area contributed by atoms with Crippen LogP contribution in [0, 0.1) is 5.92 Å². The maximum absolute atomic E-state index is 12.8. The van der Waals surface area contributed by atoms with Crippen LogP contribution >= 0.6 is 0 Å². The number of carbonyl (C=O) groups is 1. The third-order valence-electron chi connectivity index (χ3n) is 1.47. The van der Waals surface area contributed by atoms with E-state index in [9.17, 15) is 9.18 Å². The van der Waals surface area contributed by atoms with Crippen LogP contribution in [0.25, 0.3) is 0 Å². The Balaban J connectivity index is 4.67. The van der Waals surface area contributed by atoms with Gasteiger partial charge >= 0.3 is 5.97 Å². The van der Waals surface area contributed by atoms with Gasteiger partial charge in [-0.25, -0.2) is 4.79 Å². The highest BCUT2D eigenvalue weighted by Gasteiger charge is 2.16. The van der Waals surface area contributed by atoms with Crippen molar-refractivity contribution in [3.63, 3.8) is 0 Å². The first kappa shape index (κ1) is 11.1. The standard InChI is InChI=1S/C8H13FO3/c1-5(2)6(4-12-3)7(9)8(10)11/h5H,4H2,1-3H3,(H,10,11). The molecule has 0 bridgehead atoms. The summed E-state index contributed by atoms with van der Waals surface area (Å²) in [6, 6.07) is 0. The van der Waals surface area contributed by atoms with Gasteiger partial charge in [-0.3, -0.25) is 0 Å². The van der Waals surface area contributed by atoms with E-state index in [0.29, 0.717) is 0 Å². The molecule has 0 fully saturated rings. The molecule has 12 heavy (non-hydrogen) atoms. The first-order chi connectivity index (χ1) is 5.50. The Morgan fingerprint density at radius 2 is 2.08 bits per heavy atom. The van der Waals surface area contributed by atoms with Crippen LogP contribution < -0.4 is 0 Å². The first-order valence-corrected chi connectivity index (χ1v) is 3.61. The highest BCUT2D eigenvalue weighted by Crippen LogP contribution is 2.16. The topological polar surface area (TPSA) is 46.5 Å². The van der Waals surface area contributed by atoms with E-state index < -0.39 is 11.8 Å². The molecular weight excluding hydrogens is 163 g/mol. The third-order valence-corrected chi connectivity index (χ3v) is 1.47. The van der Waals surface area contributed by atoms with Crippen molar-refractivity contribution in [2.45, 2.75) is 13.8 Å². The fourth-order valence-corrected chi connectivity index (χ4v) is 0.776. The van der Waals surface area contributed by atoms with E-state index >= 15 is 0 Å². The summed E-state index contributed by atoms with van der Waals surface area (Å²) in [6.07, 6.45) is 0. The van der Waals surface area contributed by atoms with Gasteiger partial charge in [-0.1, -0.05) is 13.8 Å². The molecule has 0 aliphatic heterocycles. The number of methoxy groups -OCH3 is 1. The van der Waals surface area contributed by atoms with Gasteiger partial charge in [0.2, 0.25) is 5.83 Å². The van der Waals surface area contributed by atoms with E-state index in [4.69, 9.17) is 5.11 Å². The SMILES string of the molecule is COCC(=C(F)C(=O)O)C(C)C. The largest absolute Gasteiger partial charge is 0.476 e. The fraction of sp³-hybridized carbons (Fsp3) is 0.625. The van der Waals surface area contributed by atoms with Gasteiger partial charge in [-0.15, -0.1) is 0 Å². The molecule has 0 aromatic carbocycles. The summed E-state index contributed by atoms with van der Waals surface area (Å²) < 4.78 is 17.5. The van der Waals surface area contributed by atoms with Gasteiger partial charge in [-0.2, -0.15) is 4.39 Å². The van der Waals surface area contributed by atoms with Crippen LogP contribution in [0.15, 0.2) is 11.4 Å². The molecule has 70 valence electrons. The summed E-state index contributed by atoms with van der Waals surface area (Å²) in [5.74, 6) is -2.79. The molecule has 0 aliphatic carbocycles. The van der Waals surface area contributed by atoms with Crippen LogP contribution in [0.2, 0.25) is 0 Å². The summed E-state index contributed by atoms with van der Waals surface area (Å²) in [5, 5.41) is 8.34. The van der Waals surface area contributed by atoms with E-state index in [2.05, 4.69) is 4.74 Å². The van der Waals surface area contributed by atoms with Crippen molar-refractivity contribution in [2.75, 3.05) is 13.7 Å². The highest BCUT2D eigenvalue weighted by molar-refractivity contribution is 5.85. The minimum atomic E-state index is -1.53. The van der Waals surface area contributed by atoms with Gasteiger partial charge in [0, 0.05) is 12.7 Å². The molecule has 0 aromatic rings. The second kappa shape index (κ2) is 4.87. The van der Waals surface area contributed by atoms with E-state index in [0.717, 1.165) is 0 Å². The van der Waals surface area contributed by atoms with Crippen LogP contribution in [0.3, 0.4) is 0 Å². The molecule has 0 spiro atoms. The number of aliphatic carboxylic acids is 1. The Morgan fingerprint density at radius 1 is 1.58 bits per heavy atom. The normalized spacial score (nSPS) is 13.1. The zero-order valence-electron chi connectivity index (χ0n) is 7.43. The van der Waals surface area contributed by atoms with E-state index in [-0.39, 0.29) is 18.1 Å². The van der Waals surface area contributed by atoms with E-state index in [1.807, 2.05) is 0 Å². The smallest absolute Gasteiger partial charge is 0.364 e. The molecule has 0 saturated heterocycles. The number of hydrogen-bond acceptors (Lipinski definition) is 2.